The number of benzene rings is 1. The Bertz CT molecular complexity index is 987. The van der Waals surface area contributed by atoms with Gasteiger partial charge in [0.05, 0.1) is 6.54 Å². The number of nitrogens with one attached hydrogen (secondary N) is 3. The number of hydrogen-bond donors (Lipinski definition) is 3. The molecule has 0 aliphatic carbocycles. The van der Waals surface area contributed by atoms with Crippen LogP contribution in [0, 0.1) is 0 Å². The summed E-state index contributed by atoms with van der Waals surface area (Å²) in [6.45, 7) is 0.141. The van der Waals surface area contributed by atoms with Crippen molar-refractivity contribution >= 4 is 38.7 Å². The number of carbonyl (C=O) groups excluding carboxylic acids is 1. The van der Waals surface area contributed by atoms with E-state index in [9.17, 15) is 13.2 Å². The Morgan fingerprint density at radius 3 is 2.77 bits per heavy atom. The van der Waals surface area contributed by atoms with Crippen molar-refractivity contribution in [1.82, 2.24) is 20.0 Å². The first-order valence-corrected chi connectivity index (χ1v) is 10.4. The molecule has 0 bridgehead atoms. The van der Waals surface area contributed by atoms with Crippen molar-refractivity contribution in [1.29, 1.82) is 0 Å². The Morgan fingerprint density at radius 1 is 1.15 bits per heavy atom. The molecule has 0 unspecified atom stereocenters. The third-order valence-corrected chi connectivity index (χ3v) is 6.02. The van der Waals surface area contributed by atoms with Crippen molar-refractivity contribution in [3.63, 3.8) is 0 Å². The van der Waals surface area contributed by atoms with Crippen molar-refractivity contribution in [2.24, 2.45) is 0 Å². The van der Waals surface area contributed by atoms with Crippen LogP contribution in [0.25, 0.3) is 11.0 Å². The zero-order valence-corrected chi connectivity index (χ0v) is 15.4. The van der Waals surface area contributed by atoms with E-state index in [1.807, 2.05) is 30.3 Å². The normalized spacial score (nSPS) is 11.5. The van der Waals surface area contributed by atoms with Gasteiger partial charge < -0.3 is 10.3 Å². The number of thioether (sulfide) groups is 1. The second-order valence-electron chi connectivity index (χ2n) is 5.39. The predicted molar refractivity (Wildman–Crippen MR) is 101 cm³/mol. The first-order chi connectivity index (χ1) is 12.6. The lowest BCUT2D eigenvalue weighted by atomic mass is 10.3. The highest BCUT2D eigenvalue weighted by Gasteiger charge is 2.20. The van der Waals surface area contributed by atoms with Crippen LogP contribution in [-0.4, -0.2) is 43.1 Å². The number of pyridine rings is 1. The molecule has 9 heteroatoms. The van der Waals surface area contributed by atoms with Gasteiger partial charge in [-0.3, -0.25) is 4.79 Å². The summed E-state index contributed by atoms with van der Waals surface area (Å²) in [7, 11) is -3.80. The molecule has 2 heterocycles. The molecular formula is C17H18N4O3S2. The Labute approximate surface area is 155 Å². The van der Waals surface area contributed by atoms with Gasteiger partial charge in [0.1, 0.15) is 10.5 Å². The number of H-pyrrole nitrogens is 1. The fraction of sp³-hybridized carbons (Fsp3) is 0.176. The number of aromatic amines is 1. The van der Waals surface area contributed by atoms with E-state index in [4.69, 9.17) is 0 Å². The third kappa shape index (κ3) is 4.63. The van der Waals surface area contributed by atoms with Crippen LogP contribution < -0.4 is 10.0 Å². The van der Waals surface area contributed by atoms with Gasteiger partial charge in [0.15, 0.2) is 0 Å². The fourth-order valence-corrected chi connectivity index (χ4v) is 4.26. The number of nitrogens with zero attached hydrogens (tertiary/aromatic N) is 1. The molecule has 2 aromatic heterocycles. The summed E-state index contributed by atoms with van der Waals surface area (Å²) in [5.41, 5.74) is 0.482. The van der Waals surface area contributed by atoms with Crippen LogP contribution in [0.15, 0.2) is 64.6 Å². The SMILES string of the molecule is O=C(CNS(=O)(=O)c1c[nH]c2ncccc12)NCCSc1ccccc1. The average molecular weight is 390 g/mol. The minimum absolute atomic E-state index is 0.0769. The van der Waals surface area contributed by atoms with Crippen LogP contribution in [0.4, 0.5) is 0 Å². The van der Waals surface area contributed by atoms with Crippen LogP contribution in [0.1, 0.15) is 0 Å². The first kappa shape index (κ1) is 18.4. The van der Waals surface area contributed by atoms with Crippen molar-refractivity contribution in [2.45, 2.75) is 9.79 Å². The van der Waals surface area contributed by atoms with Gasteiger partial charge in [0, 0.05) is 35.0 Å². The third-order valence-electron chi connectivity index (χ3n) is 3.56. The van der Waals surface area contributed by atoms with Gasteiger partial charge in [-0.15, -0.1) is 11.8 Å². The van der Waals surface area contributed by atoms with Gasteiger partial charge in [0.25, 0.3) is 0 Å². The van der Waals surface area contributed by atoms with Gasteiger partial charge >= 0.3 is 0 Å². The highest BCUT2D eigenvalue weighted by atomic mass is 32.2. The molecule has 3 N–H and O–H groups in total. The summed E-state index contributed by atoms with van der Waals surface area (Å²) in [5, 5.41) is 3.19. The second kappa shape index (κ2) is 8.35. The monoisotopic (exact) mass is 390 g/mol. The van der Waals surface area contributed by atoms with Gasteiger partial charge in [-0.05, 0) is 24.3 Å². The smallest absolute Gasteiger partial charge is 0.243 e. The molecular weight excluding hydrogens is 372 g/mol. The van der Waals surface area contributed by atoms with Crippen molar-refractivity contribution in [2.75, 3.05) is 18.8 Å². The van der Waals surface area contributed by atoms with Crippen molar-refractivity contribution < 1.29 is 13.2 Å². The standard InChI is InChI=1S/C17H18N4O3S2/c22-16(18-9-10-25-13-5-2-1-3-6-13)12-21-26(23,24)15-11-20-17-14(15)7-4-8-19-17/h1-8,11,21H,9-10,12H2,(H,18,22)(H,19,20). The van der Waals surface area contributed by atoms with Gasteiger partial charge in [-0.1, -0.05) is 18.2 Å². The molecule has 0 saturated carbocycles. The lowest BCUT2D eigenvalue weighted by Gasteiger charge is -2.07. The summed E-state index contributed by atoms with van der Waals surface area (Å²) in [5.74, 6) is 0.330. The molecule has 3 aromatic rings. The maximum absolute atomic E-state index is 12.4. The molecule has 26 heavy (non-hydrogen) atoms. The average Bonchev–Trinajstić information content (AvgIpc) is 3.10. The Morgan fingerprint density at radius 2 is 1.96 bits per heavy atom. The molecule has 0 aliphatic heterocycles. The largest absolute Gasteiger partial charge is 0.354 e. The molecule has 0 spiro atoms. The summed E-state index contributed by atoms with van der Waals surface area (Å²) in [6.07, 6.45) is 2.94. The number of fused-ring (bicyclic) bond motifs is 1. The molecule has 1 amide bonds. The van der Waals surface area contributed by atoms with Crippen LogP contribution >= 0.6 is 11.8 Å². The van der Waals surface area contributed by atoms with E-state index in [2.05, 4.69) is 20.0 Å². The minimum atomic E-state index is -3.80. The summed E-state index contributed by atoms with van der Waals surface area (Å²) in [6, 6.07) is 13.2. The zero-order valence-electron chi connectivity index (χ0n) is 13.8. The van der Waals surface area contributed by atoms with E-state index in [-0.39, 0.29) is 17.3 Å². The number of sulfonamides is 1. The maximum Gasteiger partial charge on any atom is 0.243 e. The Hall–Kier alpha value is -2.36. The molecule has 136 valence electrons. The molecule has 3 rings (SSSR count). The molecule has 0 aliphatic rings. The molecule has 0 saturated heterocycles. The summed E-state index contributed by atoms with van der Waals surface area (Å²) >= 11 is 1.62. The van der Waals surface area contributed by atoms with E-state index in [0.717, 1.165) is 4.90 Å². The predicted octanol–water partition coefficient (Wildman–Crippen LogP) is 1.75. The van der Waals surface area contributed by atoms with E-state index < -0.39 is 10.0 Å². The molecule has 7 nitrogen and oxygen atoms in total. The number of aromatic nitrogens is 2. The number of rotatable bonds is 8. The van der Waals surface area contributed by atoms with Crippen molar-refractivity contribution in [3.8, 4) is 0 Å². The lowest BCUT2D eigenvalue weighted by Crippen LogP contribution is -2.37. The highest BCUT2D eigenvalue weighted by molar-refractivity contribution is 7.99. The Kier molecular flexibility index (Phi) is 5.92. The van der Waals surface area contributed by atoms with E-state index >= 15 is 0 Å². The molecule has 0 atom stereocenters. The van der Waals surface area contributed by atoms with Crippen molar-refractivity contribution in [3.05, 3.63) is 54.9 Å². The topological polar surface area (TPSA) is 104 Å². The Balaban J connectivity index is 1.47. The van der Waals surface area contributed by atoms with Crippen LogP contribution in [-0.2, 0) is 14.8 Å². The quantitative estimate of drug-likeness (QED) is 0.402. The van der Waals surface area contributed by atoms with Crippen LogP contribution in [0.3, 0.4) is 0 Å². The first-order valence-electron chi connectivity index (χ1n) is 7.92. The van der Waals surface area contributed by atoms with Gasteiger partial charge in [-0.2, -0.15) is 0 Å². The van der Waals surface area contributed by atoms with Crippen LogP contribution in [0.5, 0.6) is 0 Å². The summed E-state index contributed by atoms with van der Waals surface area (Å²) in [4.78, 5) is 19.9. The maximum atomic E-state index is 12.4. The van der Waals surface area contributed by atoms with E-state index in [1.165, 1.54) is 6.20 Å². The van der Waals surface area contributed by atoms with E-state index in [0.29, 0.717) is 23.3 Å². The van der Waals surface area contributed by atoms with Crippen LogP contribution in [0.2, 0.25) is 0 Å². The number of carbonyl (C=O) groups is 1. The minimum Gasteiger partial charge on any atom is -0.354 e. The lowest BCUT2D eigenvalue weighted by molar-refractivity contribution is -0.119. The second-order valence-corrected chi connectivity index (χ2v) is 8.29. The van der Waals surface area contributed by atoms with E-state index in [1.54, 1.807) is 30.1 Å². The molecule has 0 fully saturated rings. The van der Waals surface area contributed by atoms with Gasteiger partial charge in [0.2, 0.25) is 15.9 Å². The number of amides is 1. The molecule has 0 radical (unpaired) electrons. The number of hydrogen-bond acceptors (Lipinski definition) is 5. The molecule has 1 aromatic carbocycles. The van der Waals surface area contributed by atoms with Gasteiger partial charge in [-0.25, -0.2) is 18.1 Å². The fourth-order valence-electron chi connectivity index (χ4n) is 2.33. The highest BCUT2D eigenvalue weighted by Crippen LogP contribution is 2.20. The zero-order chi connectivity index (χ0) is 18.4. The summed E-state index contributed by atoms with van der Waals surface area (Å²) < 4.78 is 27.1.